The second kappa shape index (κ2) is 10.8. The highest BCUT2D eigenvalue weighted by molar-refractivity contribution is 7.91. The molecule has 0 bridgehead atoms. The predicted octanol–water partition coefficient (Wildman–Crippen LogP) is 5.57. The van der Waals surface area contributed by atoms with Crippen LogP contribution in [0, 0.1) is 18.8 Å². The van der Waals surface area contributed by atoms with E-state index in [2.05, 4.69) is 25.1 Å². The zero-order chi connectivity index (χ0) is 27.9. The lowest BCUT2D eigenvalue weighted by Gasteiger charge is -2.22. The van der Waals surface area contributed by atoms with Gasteiger partial charge >= 0.3 is 5.97 Å². The number of aliphatic carboxylic acids is 1. The monoisotopic (exact) mass is 562 g/mol. The average molecular weight is 563 g/mol. The van der Waals surface area contributed by atoms with Gasteiger partial charge in [-0.2, -0.15) is 0 Å². The molecule has 3 aromatic carbocycles. The van der Waals surface area contributed by atoms with Crippen LogP contribution < -0.4 is 14.2 Å². The normalized spacial score (nSPS) is 21.3. The molecule has 8 heteroatoms. The molecule has 6 rings (SSSR count). The number of fused-ring (bicyclic) bond motifs is 3. The van der Waals surface area contributed by atoms with Crippen molar-refractivity contribution in [1.29, 1.82) is 0 Å². The molecular formula is C32H34O7S. The maximum atomic E-state index is 11.7. The summed E-state index contributed by atoms with van der Waals surface area (Å²) in [6, 6.07) is 18.1. The first-order valence-electron chi connectivity index (χ1n) is 13.9. The molecule has 2 heterocycles. The molecule has 2 atom stereocenters. The number of hydrogen-bond donors (Lipinski definition) is 1. The third-order valence-electron chi connectivity index (χ3n) is 8.31. The summed E-state index contributed by atoms with van der Waals surface area (Å²) in [5.41, 5.74) is 6.56. The van der Waals surface area contributed by atoms with Gasteiger partial charge in [-0.15, -0.1) is 0 Å². The van der Waals surface area contributed by atoms with Gasteiger partial charge in [0.2, 0.25) is 0 Å². The quantitative estimate of drug-likeness (QED) is 0.383. The highest BCUT2D eigenvalue weighted by atomic mass is 32.2. The van der Waals surface area contributed by atoms with Crippen molar-refractivity contribution >= 4 is 15.8 Å². The van der Waals surface area contributed by atoms with Gasteiger partial charge in [-0.25, -0.2) is 8.42 Å². The number of sulfone groups is 1. The Morgan fingerprint density at radius 3 is 2.50 bits per heavy atom. The minimum absolute atomic E-state index is 0.108. The van der Waals surface area contributed by atoms with E-state index in [1.54, 1.807) is 0 Å². The van der Waals surface area contributed by atoms with Crippen LogP contribution in [0.1, 0.15) is 47.4 Å². The van der Waals surface area contributed by atoms with E-state index in [0.717, 1.165) is 51.5 Å². The molecular weight excluding hydrogens is 528 g/mol. The first-order chi connectivity index (χ1) is 19.3. The summed E-state index contributed by atoms with van der Waals surface area (Å²) >= 11 is 0. The summed E-state index contributed by atoms with van der Waals surface area (Å²) in [4.78, 5) is 11.2. The molecule has 2 aliphatic heterocycles. The average Bonchev–Trinajstić information content (AvgIpc) is 3.75. The number of aryl methyl sites for hydroxylation is 1. The number of carboxylic acids is 1. The maximum absolute atomic E-state index is 11.7. The van der Waals surface area contributed by atoms with E-state index in [4.69, 9.17) is 14.2 Å². The molecule has 7 nitrogen and oxygen atoms in total. The Morgan fingerprint density at radius 2 is 1.77 bits per heavy atom. The number of carboxylic acid groups (broad SMARTS) is 1. The van der Waals surface area contributed by atoms with E-state index in [9.17, 15) is 18.3 Å². The zero-order valence-electron chi connectivity index (χ0n) is 22.6. The van der Waals surface area contributed by atoms with Crippen LogP contribution in [-0.2, 0) is 27.7 Å². The van der Waals surface area contributed by atoms with E-state index in [1.165, 1.54) is 5.56 Å². The zero-order valence-corrected chi connectivity index (χ0v) is 23.4. The Balaban J connectivity index is 1.14. The van der Waals surface area contributed by atoms with Crippen LogP contribution >= 0.6 is 0 Å². The van der Waals surface area contributed by atoms with Crippen LogP contribution in [0.25, 0.3) is 11.1 Å². The van der Waals surface area contributed by atoms with Crippen LogP contribution in [0.4, 0.5) is 0 Å². The second-order valence-electron chi connectivity index (χ2n) is 11.3. The molecule has 1 saturated carbocycles. The van der Waals surface area contributed by atoms with Crippen LogP contribution in [0.5, 0.6) is 17.2 Å². The fourth-order valence-corrected chi connectivity index (χ4v) is 7.47. The van der Waals surface area contributed by atoms with Gasteiger partial charge in [0.25, 0.3) is 0 Å². The summed E-state index contributed by atoms with van der Waals surface area (Å²) in [5, 5.41) is 9.17. The van der Waals surface area contributed by atoms with E-state index in [1.807, 2.05) is 36.4 Å². The molecule has 0 aromatic heterocycles. The Labute approximate surface area is 235 Å². The molecule has 210 valence electrons. The lowest BCUT2D eigenvalue weighted by Crippen LogP contribution is -2.26. The van der Waals surface area contributed by atoms with Gasteiger partial charge in [-0.1, -0.05) is 18.2 Å². The Kier molecular flexibility index (Phi) is 7.21. The summed E-state index contributed by atoms with van der Waals surface area (Å²) in [6.07, 6.45) is 2.79. The highest BCUT2D eigenvalue weighted by Crippen LogP contribution is 2.47. The SMILES string of the molecule is Cc1cc(OCC2CCS(=O)(=O)CC2)cc2c1-c1cc(COc3ccc([C@H]4C[C@@H]4C(=O)O)cc3)ccc1OCC2. The van der Waals surface area contributed by atoms with Gasteiger partial charge in [0, 0.05) is 12.0 Å². The summed E-state index contributed by atoms with van der Waals surface area (Å²) < 4.78 is 41.8. The standard InChI is InChI=1S/C32H34O7S/c1-20-14-26(39-18-21-9-12-40(35,36)13-10-21)16-24-8-11-37-30-7-2-22(15-29(30)31(20)24)19-38-25-5-3-23(4-6-25)27-17-28(27)32(33)34/h2-7,14-16,21,27-28H,8-13,17-19H2,1H3,(H,33,34)/t27-,28+/m1/s1. The van der Waals surface area contributed by atoms with Crippen molar-refractivity contribution < 1.29 is 32.5 Å². The number of rotatable bonds is 8. The van der Waals surface area contributed by atoms with E-state index in [-0.39, 0.29) is 29.3 Å². The number of carbonyl (C=O) groups is 1. The Bertz CT molecular complexity index is 1510. The maximum Gasteiger partial charge on any atom is 0.307 e. The van der Waals surface area contributed by atoms with Crippen molar-refractivity contribution in [2.24, 2.45) is 11.8 Å². The molecule has 3 aliphatic rings. The van der Waals surface area contributed by atoms with Gasteiger partial charge in [-0.3, -0.25) is 4.79 Å². The van der Waals surface area contributed by atoms with Crippen molar-refractivity contribution in [2.75, 3.05) is 24.7 Å². The smallest absolute Gasteiger partial charge is 0.307 e. The van der Waals surface area contributed by atoms with Crippen LogP contribution in [0.3, 0.4) is 0 Å². The van der Waals surface area contributed by atoms with Crippen LogP contribution in [0.2, 0.25) is 0 Å². The molecule has 2 fully saturated rings. The fraction of sp³-hybridized carbons (Fsp3) is 0.406. The molecule has 0 unspecified atom stereocenters. The van der Waals surface area contributed by atoms with Crippen molar-refractivity contribution in [3.8, 4) is 28.4 Å². The van der Waals surface area contributed by atoms with Gasteiger partial charge in [0.1, 0.15) is 33.7 Å². The van der Waals surface area contributed by atoms with Crippen LogP contribution in [-0.4, -0.2) is 44.2 Å². The molecule has 1 saturated heterocycles. The summed E-state index contributed by atoms with van der Waals surface area (Å²) in [5.74, 6) is 2.31. The van der Waals surface area contributed by atoms with Gasteiger partial charge in [-0.05, 0) is 102 Å². The van der Waals surface area contributed by atoms with Gasteiger partial charge in [0.05, 0.1) is 30.6 Å². The predicted molar refractivity (Wildman–Crippen MR) is 152 cm³/mol. The first-order valence-corrected chi connectivity index (χ1v) is 15.8. The lowest BCUT2D eigenvalue weighted by molar-refractivity contribution is -0.138. The molecule has 3 aromatic rings. The highest BCUT2D eigenvalue weighted by Gasteiger charge is 2.44. The summed E-state index contributed by atoms with van der Waals surface area (Å²) in [7, 11) is -2.88. The molecule has 0 radical (unpaired) electrons. The summed E-state index contributed by atoms with van der Waals surface area (Å²) in [6.45, 7) is 3.60. The third-order valence-corrected chi connectivity index (χ3v) is 10.0. The number of benzene rings is 3. The van der Waals surface area contributed by atoms with Crippen molar-refractivity contribution in [1.82, 2.24) is 0 Å². The van der Waals surface area contributed by atoms with Crippen molar-refractivity contribution in [2.45, 2.75) is 45.1 Å². The molecule has 0 spiro atoms. The van der Waals surface area contributed by atoms with E-state index < -0.39 is 15.8 Å². The number of ether oxygens (including phenoxy) is 3. The van der Waals surface area contributed by atoms with E-state index in [0.29, 0.717) is 39.1 Å². The largest absolute Gasteiger partial charge is 0.493 e. The lowest BCUT2D eigenvalue weighted by atomic mass is 9.92. The molecule has 1 N–H and O–H groups in total. The minimum Gasteiger partial charge on any atom is -0.493 e. The number of hydrogen-bond acceptors (Lipinski definition) is 6. The topological polar surface area (TPSA) is 99.1 Å². The Morgan fingerprint density at radius 1 is 1.00 bits per heavy atom. The first kappa shape index (κ1) is 26.7. The van der Waals surface area contributed by atoms with Gasteiger partial charge < -0.3 is 19.3 Å². The third kappa shape index (κ3) is 5.82. The fourth-order valence-electron chi connectivity index (χ4n) is 5.88. The van der Waals surface area contributed by atoms with Gasteiger partial charge in [0.15, 0.2) is 0 Å². The van der Waals surface area contributed by atoms with E-state index >= 15 is 0 Å². The second-order valence-corrected chi connectivity index (χ2v) is 13.6. The van der Waals surface area contributed by atoms with Crippen LogP contribution in [0.15, 0.2) is 54.6 Å². The molecule has 0 amide bonds. The molecule has 40 heavy (non-hydrogen) atoms. The Hall–Kier alpha value is -3.52. The minimum atomic E-state index is -2.88. The van der Waals surface area contributed by atoms with Crippen molar-refractivity contribution in [3.63, 3.8) is 0 Å². The molecule has 1 aliphatic carbocycles. The van der Waals surface area contributed by atoms with Crippen molar-refractivity contribution in [3.05, 3.63) is 76.9 Å².